The Hall–Kier alpha value is -5.96. The molecule has 2 atom stereocenters. The topological polar surface area (TPSA) is 229 Å². The number of nitrogens with zero attached hydrogens (tertiary/aromatic N) is 6. The van der Waals surface area contributed by atoms with Gasteiger partial charge in [0, 0.05) is 55.3 Å². The van der Waals surface area contributed by atoms with Crippen LogP contribution < -0.4 is 35.7 Å². The Morgan fingerprint density at radius 1 is 0.875 bits per heavy atom. The van der Waals surface area contributed by atoms with E-state index in [2.05, 4.69) is 27.2 Å². The predicted molar refractivity (Wildman–Crippen MR) is 246 cm³/mol. The van der Waals surface area contributed by atoms with Crippen LogP contribution in [0.1, 0.15) is 84.8 Å². The molecule has 6 heterocycles. The molecule has 20 heteroatoms. The smallest absolute Gasteiger partial charge is 0.298 e. The number of nitrogen functional groups attached to an aromatic ring is 2. The highest BCUT2D eigenvalue weighted by Gasteiger charge is 2.35. The van der Waals surface area contributed by atoms with Crippen LogP contribution in [0.3, 0.4) is 0 Å². The standard InChI is InChI=1S/C44H50N10O7S3/c1-6-7-19-61-30-13-11-27(12-14-30)42(56)52-17-15-28(21-52)47-40(55)38-36(45)34-24(2)25(3)50-54(44(34)63-38)23-33-26(4)48-49-41-35(33)37(46)39(62-41)43(57)53-18-16-29(22-53)51-64(58,59)32-10-8-9-31(20-32)60-5/h8-14,20,28-29,51H,6-7,15-19,21-23H2,1-5H3,(H4-,45,46,47,55,57)/p+1. The van der Waals surface area contributed by atoms with Crippen LogP contribution in [0.15, 0.2) is 53.4 Å². The fourth-order valence-corrected chi connectivity index (χ4v) is 11.6. The average molecular weight is 928 g/mol. The molecular formula is C44H51N10O7S3+. The third-order valence-electron chi connectivity index (χ3n) is 11.8. The Labute approximate surface area is 378 Å². The summed E-state index contributed by atoms with van der Waals surface area (Å²) in [5.41, 5.74) is 17.6. The first-order chi connectivity index (χ1) is 30.7. The van der Waals surface area contributed by atoms with Gasteiger partial charge in [-0.05, 0) is 87.1 Å². The highest BCUT2D eigenvalue weighted by atomic mass is 32.2. The second-order valence-electron chi connectivity index (χ2n) is 16.2. The van der Waals surface area contributed by atoms with E-state index in [1.165, 1.54) is 30.6 Å². The molecule has 336 valence electrons. The summed E-state index contributed by atoms with van der Waals surface area (Å²) in [6.45, 7) is 9.88. The van der Waals surface area contributed by atoms with E-state index in [-0.39, 0.29) is 52.3 Å². The quantitative estimate of drug-likeness (QED) is 0.0857. The largest absolute Gasteiger partial charge is 0.497 e. The van der Waals surface area contributed by atoms with Crippen LogP contribution in [0.4, 0.5) is 11.4 Å². The first-order valence-electron chi connectivity index (χ1n) is 21.1. The van der Waals surface area contributed by atoms with Gasteiger partial charge in [0.2, 0.25) is 16.6 Å². The number of sulfonamides is 1. The number of fused-ring (bicyclic) bond motifs is 2. The third-order valence-corrected chi connectivity index (χ3v) is 15.7. The van der Waals surface area contributed by atoms with Crippen molar-refractivity contribution in [2.75, 3.05) is 51.4 Å². The second kappa shape index (κ2) is 18.3. The van der Waals surface area contributed by atoms with E-state index >= 15 is 0 Å². The van der Waals surface area contributed by atoms with E-state index in [9.17, 15) is 22.8 Å². The SMILES string of the molecule is CCCCOc1ccc(C(=O)N2CCC(NC(=O)c3sc4c(c(C)c(C)n[n+]4Cc4c(C)nnc5sc(C(=O)N6CCC(NS(=O)(=O)c7cccc(OC)c7)C6)c(N)c45)c3N)C2)cc1. The molecule has 2 aliphatic rings. The van der Waals surface area contributed by atoms with Crippen molar-refractivity contribution in [1.82, 2.24) is 35.1 Å². The summed E-state index contributed by atoms with van der Waals surface area (Å²) in [6.07, 6.45) is 3.01. The number of unbranched alkanes of at least 4 members (excludes halogenated alkanes) is 1. The van der Waals surface area contributed by atoms with Crippen LogP contribution in [0, 0.1) is 20.8 Å². The molecule has 0 saturated carbocycles. The number of rotatable bonds is 14. The van der Waals surface area contributed by atoms with E-state index in [4.69, 9.17) is 26.0 Å². The van der Waals surface area contributed by atoms with Crippen molar-refractivity contribution >= 4 is 82.2 Å². The van der Waals surface area contributed by atoms with Gasteiger partial charge in [0.05, 0.1) is 46.6 Å². The van der Waals surface area contributed by atoms with Gasteiger partial charge < -0.3 is 36.1 Å². The molecule has 2 aliphatic heterocycles. The molecule has 3 amide bonds. The third kappa shape index (κ3) is 8.78. The number of methoxy groups -OCH3 is 1. The second-order valence-corrected chi connectivity index (χ2v) is 19.9. The van der Waals surface area contributed by atoms with Crippen molar-refractivity contribution in [2.24, 2.45) is 0 Å². The minimum absolute atomic E-state index is 0.0714. The van der Waals surface area contributed by atoms with Gasteiger partial charge in [0.25, 0.3) is 22.6 Å². The summed E-state index contributed by atoms with van der Waals surface area (Å²) in [4.78, 5) is 46.5. The number of amides is 3. The van der Waals surface area contributed by atoms with Gasteiger partial charge in [0.15, 0.2) is 0 Å². The number of nitrogens with two attached hydrogens (primary N) is 2. The van der Waals surface area contributed by atoms with Crippen molar-refractivity contribution in [1.29, 1.82) is 0 Å². The fourth-order valence-electron chi connectivity index (χ4n) is 8.16. The molecular weight excluding hydrogens is 877 g/mol. The molecule has 0 radical (unpaired) electrons. The molecule has 0 spiro atoms. The van der Waals surface area contributed by atoms with Gasteiger partial charge in [-0.1, -0.05) is 35.4 Å². The molecule has 0 bridgehead atoms. The Morgan fingerprint density at radius 3 is 2.31 bits per heavy atom. The van der Waals surface area contributed by atoms with E-state index in [1.54, 1.807) is 38.7 Å². The number of thiophene rings is 2. The van der Waals surface area contributed by atoms with Gasteiger partial charge in [-0.2, -0.15) is 5.10 Å². The normalized spacial score (nSPS) is 16.5. The van der Waals surface area contributed by atoms with Crippen LogP contribution in [0.2, 0.25) is 0 Å². The Kier molecular flexibility index (Phi) is 12.7. The van der Waals surface area contributed by atoms with Crippen LogP contribution in [0.25, 0.3) is 20.4 Å². The lowest BCUT2D eigenvalue weighted by molar-refractivity contribution is -0.720. The summed E-state index contributed by atoms with van der Waals surface area (Å²) >= 11 is 2.37. The zero-order chi connectivity index (χ0) is 45.4. The van der Waals surface area contributed by atoms with Crippen molar-refractivity contribution in [3.05, 3.63) is 86.4 Å². The number of hydrogen-bond acceptors (Lipinski definition) is 14. The Bertz CT molecular complexity index is 2900. The number of benzene rings is 2. The molecule has 6 aromatic rings. The monoisotopic (exact) mass is 927 g/mol. The van der Waals surface area contributed by atoms with Crippen LogP contribution in [0.5, 0.6) is 11.5 Å². The number of nitrogens with one attached hydrogen (secondary N) is 2. The van der Waals surface area contributed by atoms with E-state index < -0.39 is 16.1 Å². The lowest BCUT2D eigenvalue weighted by Crippen LogP contribution is -2.40. The predicted octanol–water partition coefficient (Wildman–Crippen LogP) is 4.75. The minimum Gasteiger partial charge on any atom is -0.497 e. The van der Waals surface area contributed by atoms with Gasteiger partial charge >= 0.3 is 0 Å². The van der Waals surface area contributed by atoms with Crippen molar-refractivity contribution < 1.29 is 37.0 Å². The fraction of sp³-hybridized carbons (Fsp3) is 0.386. The van der Waals surface area contributed by atoms with Gasteiger partial charge in [-0.25, -0.2) is 13.1 Å². The van der Waals surface area contributed by atoms with Crippen molar-refractivity contribution in [2.45, 2.75) is 76.9 Å². The molecule has 17 nitrogen and oxygen atoms in total. The maximum atomic E-state index is 14.0. The van der Waals surface area contributed by atoms with Crippen molar-refractivity contribution in [3.8, 4) is 11.5 Å². The number of carbonyl (C=O) groups excluding carboxylic acids is 3. The average Bonchev–Trinajstić information content (AvgIpc) is 4.09. The molecule has 2 unspecified atom stereocenters. The van der Waals surface area contributed by atoms with E-state index in [1.807, 2.05) is 32.9 Å². The summed E-state index contributed by atoms with van der Waals surface area (Å²) in [5, 5.41) is 18.1. The van der Waals surface area contributed by atoms with Crippen LogP contribution in [-0.2, 0) is 16.6 Å². The summed E-state index contributed by atoms with van der Waals surface area (Å²) in [5.74, 6) is 0.377. The van der Waals surface area contributed by atoms with Crippen molar-refractivity contribution in [3.63, 3.8) is 0 Å². The Balaban J connectivity index is 0.987. The summed E-state index contributed by atoms with van der Waals surface area (Å²) in [7, 11) is -2.40. The molecule has 4 aromatic heterocycles. The maximum absolute atomic E-state index is 14.0. The van der Waals surface area contributed by atoms with Gasteiger partial charge in [-0.3, -0.25) is 14.4 Å². The molecule has 6 N–H and O–H groups in total. The highest BCUT2D eigenvalue weighted by Crippen LogP contribution is 2.38. The number of likely N-dealkylation sites (tertiary alicyclic amines) is 2. The summed E-state index contributed by atoms with van der Waals surface area (Å²) < 4.78 is 41.8. The number of carbonyl (C=O) groups is 3. The van der Waals surface area contributed by atoms with Crippen LogP contribution in [-0.4, -0.2) is 103 Å². The molecule has 2 saturated heterocycles. The first-order valence-corrected chi connectivity index (χ1v) is 24.2. The summed E-state index contributed by atoms with van der Waals surface area (Å²) in [6, 6.07) is 12.6. The highest BCUT2D eigenvalue weighted by molar-refractivity contribution is 7.89. The molecule has 2 aromatic carbocycles. The molecule has 8 rings (SSSR count). The zero-order valence-electron chi connectivity index (χ0n) is 36.3. The molecule has 64 heavy (non-hydrogen) atoms. The number of ether oxygens (including phenoxy) is 2. The van der Waals surface area contributed by atoms with E-state index in [0.29, 0.717) is 98.3 Å². The molecule has 0 aliphatic carbocycles. The lowest BCUT2D eigenvalue weighted by Gasteiger charge is -2.17. The van der Waals surface area contributed by atoms with E-state index in [0.717, 1.165) is 35.5 Å². The number of aromatic nitrogens is 4. The minimum atomic E-state index is -3.87. The van der Waals surface area contributed by atoms with Crippen LogP contribution >= 0.6 is 22.7 Å². The number of anilines is 2. The zero-order valence-corrected chi connectivity index (χ0v) is 38.7. The number of hydrogen-bond donors (Lipinski definition) is 4. The maximum Gasteiger partial charge on any atom is 0.298 e. The Morgan fingerprint density at radius 2 is 1.58 bits per heavy atom. The van der Waals surface area contributed by atoms with Gasteiger partial charge in [-0.15, -0.1) is 16.4 Å². The molecule has 2 fully saturated rings. The lowest BCUT2D eigenvalue weighted by atomic mass is 10.1. The number of aryl methyl sites for hydroxylation is 3. The van der Waals surface area contributed by atoms with Gasteiger partial charge in [0.1, 0.15) is 31.8 Å². The first kappa shape index (κ1) is 44.6.